The molecule has 5 heteroatoms. The molecule has 2 N–H and O–H groups in total. The molecular formula is C13H19ClN2O2. The highest BCUT2D eigenvalue weighted by Gasteiger charge is 2.16. The van der Waals surface area contributed by atoms with Crippen LogP contribution in [0.4, 0.5) is 0 Å². The van der Waals surface area contributed by atoms with Crippen molar-refractivity contribution in [1.82, 2.24) is 4.90 Å². The van der Waals surface area contributed by atoms with Gasteiger partial charge in [0.05, 0.1) is 12.5 Å². The van der Waals surface area contributed by atoms with Crippen molar-refractivity contribution in [3.63, 3.8) is 0 Å². The third kappa shape index (κ3) is 4.29. The van der Waals surface area contributed by atoms with Crippen molar-refractivity contribution in [3.05, 3.63) is 34.9 Å². The average Bonchev–Trinajstić information content (AvgIpc) is 2.38. The lowest BCUT2D eigenvalue weighted by Gasteiger charge is -2.20. The van der Waals surface area contributed by atoms with E-state index in [1.165, 1.54) is 0 Å². The fraction of sp³-hybridized carbons (Fsp3) is 0.462. The normalized spacial score (nSPS) is 12.2. The van der Waals surface area contributed by atoms with Gasteiger partial charge in [0.25, 0.3) is 0 Å². The Balaban J connectivity index is 2.57. The van der Waals surface area contributed by atoms with E-state index in [0.717, 1.165) is 5.56 Å². The summed E-state index contributed by atoms with van der Waals surface area (Å²) in [6.45, 7) is 0.821. The first kappa shape index (κ1) is 15.0. The molecule has 0 aromatic heterocycles. The van der Waals surface area contributed by atoms with E-state index in [1.807, 2.05) is 24.3 Å². The molecule has 1 rings (SSSR count). The average molecular weight is 271 g/mol. The first-order valence-electron chi connectivity index (χ1n) is 5.78. The molecule has 100 valence electrons. The van der Waals surface area contributed by atoms with E-state index in [0.29, 0.717) is 18.1 Å². The van der Waals surface area contributed by atoms with Gasteiger partial charge in [-0.3, -0.25) is 4.79 Å². The van der Waals surface area contributed by atoms with Gasteiger partial charge in [0.1, 0.15) is 0 Å². The van der Waals surface area contributed by atoms with Crippen molar-refractivity contribution in [1.29, 1.82) is 0 Å². The van der Waals surface area contributed by atoms with Crippen LogP contribution >= 0.6 is 11.6 Å². The first-order chi connectivity index (χ1) is 8.58. The summed E-state index contributed by atoms with van der Waals surface area (Å²) in [5.74, 6) is -0.00720. The predicted octanol–water partition coefficient (Wildman–Crippen LogP) is 1.66. The highest BCUT2D eigenvalue weighted by Crippen LogP contribution is 2.16. The molecule has 1 unspecified atom stereocenters. The number of hydrogen-bond acceptors (Lipinski definition) is 3. The van der Waals surface area contributed by atoms with Crippen LogP contribution in [0.15, 0.2) is 24.3 Å². The van der Waals surface area contributed by atoms with Crippen LogP contribution in [0.1, 0.15) is 12.0 Å². The molecule has 0 heterocycles. The van der Waals surface area contributed by atoms with Crippen molar-refractivity contribution >= 4 is 17.5 Å². The molecule has 0 saturated heterocycles. The number of carbonyl (C=O) groups excluding carboxylic acids is 1. The number of carbonyl (C=O) groups is 1. The Bertz CT molecular complexity index is 394. The second-order valence-corrected chi connectivity index (χ2v) is 4.55. The van der Waals surface area contributed by atoms with E-state index in [-0.39, 0.29) is 18.4 Å². The van der Waals surface area contributed by atoms with Crippen LogP contribution in [0, 0.1) is 0 Å². The van der Waals surface area contributed by atoms with Crippen molar-refractivity contribution < 1.29 is 9.53 Å². The third-order valence-electron chi connectivity index (χ3n) is 2.79. The third-order valence-corrected chi connectivity index (χ3v) is 3.16. The van der Waals surface area contributed by atoms with E-state index in [4.69, 9.17) is 22.1 Å². The second-order valence-electron chi connectivity index (χ2n) is 4.14. The highest BCUT2D eigenvalue weighted by atomic mass is 35.5. The van der Waals surface area contributed by atoms with Gasteiger partial charge in [0.2, 0.25) is 5.91 Å². The quantitative estimate of drug-likeness (QED) is 0.855. The molecule has 0 aliphatic rings. The number of nitrogens with two attached hydrogens (primary N) is 1. The van der Waals surface area contributed by atoms with E-state index in [2.05, 4.69) is 0 Å². The molecule has 1 aromatic carbocycles. The Labute approximate surface area is 113 Å². The van der Waals surface area contributed by atoms with Crippen molar-refractivity contribution in [2.75, 3.05) is 20.7 Å². The Morgan fingerprint density at radius 2 is 2.17 bits per heavy atom. The topological polar surface area (TPSA) is 55.6 Å². The monoisotopic (exact) mass is 270 g/mol. The van der Waals surface area contributed by atoms with Crippen LogP contribution in [0.25, 0.3) is 0 Å². The summed E-state index contributed by atoms with van der Waals surface area (Å²) >= 11 is 6.05. The van der Waals surface area contributed by atoms with Gasteiger partial charge < -0.3 is 15.4 Å². The van der Waals surface area contributed by atoms with Gasteiger partial charge in [0.15, 0.2) is 0 Å². The number of methoxy groups -OCH3 is 1. The minimum Gasteiger partial charge on any atom is -0.380 e. The maximum atomic E-state index is 11.9. The summed E-state index contributed by atoms with van der Waals surface area (Å²) in [6.07, 6.45) is 0.0553. The largest absolute Gasteiger partial charge is 0.380 e. The minimum absolute atomic E-state index is 0.00720. The standard InChI is InChI=1S/C13H19ClN2O2/c1-16(13(17)7-11(8-15)18-2)9-10-5-3-4-6-12(10)14/h3-6,11H,7-9,15H2,1-2H3. The van der Waals surface area contributed by atoms with Crippen molar-refractivity contribution in [3.8, 4) is 0 Å². The summed E-state index contributed by atoms with van der Waals surface area (Å²) in [7, 11) is 3.30. The Morgan fingerprint density at radius 1 is 1.50 bits per heavy atom. The number of hydrogen-bond donors (Lipinski definition) is 1. The maximum Gasteiger partial charge on any atom is 0.225 e. The zero-order chi connectivity index (χ0) is 13.5. The summed E-state index contributed by atoms with van der Waals surface area (Å²) in [5.41, 5.74) is 6.42. The lowest BCUT2D eigenvalue weighted by Crippen LogP contribution is -2.33. The Kier molecular flexibility index (Phi) is 6.12. The van der Waals surface area contributed by atoms with Gasteiger partial charge in [-0.15, -0.1) is 0 Å². The number of nitrogens with zero attached hydrogens (tertiary/aromatic N) is 1. The van der Waals surface area contributed by atoms with Crippen molar-refractivity contribution in [2.24, 2.45) is 5.73 Å². The first-order valence-corrected chi connectivity index (χ1v) is 6.16. The smallest absolute Gasteiger partial charge is 0.225 e. The fourth-order valence-corrected chi connectivity index (χ4v) is 1.78. The summed E-state index contributed by atoms with van der Waals surface area (Å²) < 4.78 is 5.10. The molecular weight excluding hydrogens is 252 g/mol. The zero-order valence-corrected chi connectivity index (χ0v) is 11.5. The van der Waals surface area contributed by atoms with Crippen LogP contribution in [0.5, 0.6) is 0 Å². The van der Waals surface area contributed by atoms with E-state index >= 15 is 0 Å². The predicted molar refractivity (Wildman–Crippen MR) is 72.4 cm³/mol. The Hall–Kier alpha value is -1.10. The molecule has 1 aromatic rings. The SMILES string of the molecule is COC(CN)CC(=O)N(C)Cc1ccccc1Cl. The molecule has 0 aliphatic carbocycles. The van der Waals surface area contributed by atoms with Crippen LogP contribution in [0.3, 0.4) is 0 Å². The van der Waals surface area contributed by atoms with Crippen LogP contribution in [-0.4, -0.2) is 37.6 Å². The molecule has 1 amide bonds. The van der Waals surface area contributed by atoms with Gasteiger partial charge in [-0.1, -0.05) is 29.8 Å². The number of amides is 1. The summed E-state index contributed by atoms with van der Waals surface area (Å²) in [4.78, 5) is 13.6. The van der Waals surface area contributed by atoms with Crippen LogP contribution in [0.2, 0.25) is 5.02 Å². The van der Waals surface area contributed by atoms with Gasteiger partial charge >= 0.3 is 0 Å². The lowest BCUT2D eigenvalue weighted by atomic mass is 10.2. The van der Waals surface area contributed by atoms with E-state index < -0.39 is 0 Å². The van der Waals surface area contributed by atoms with Crippen LogP contribution in [-0.2, 0) is 16.1 Å². The maximum absolute atomic E-state index is 11.9. The molecule has 4 nitrogen and oxygen atoms in total. The molecule has 0 aliphatic heterocycles. The molecule has 0 fully saturated rings. The number of ether oxygens (including phenoxy) is 1. The zero-order valence-electron chi connectivity index (χ0n) is 10.7. The van der Waals surface area contributed by atoms with Crippen LogP contribution < -0.4 is 5.73 Å². The van der Waals surface area contributed by atoms with Crippen molar-refractivity contribution in [2.45, 2.75) is 19.1 Å². The fourth-order valence-electron chi connectivity index (χ4n) is 1.58. The molecule has 18 heavy (non-hydrogen) atoms. The van der Waals surface area contributed by atoms with Gasteiger partial charge in [-0.25, -0.2) is 0 Å². The summed E-state index contributed by atoms with van der Waals surface area (Å²) in [5, 5.41) is 0.666. The number of halogens is 1. The molecule has 0 saturated carbocycles. The van der Waals surface area contributed by atoms with E-state index in [9.17, 15) is 4.79 Å². The lowest BCUT2D eigenvalue weighted by molar-refractivity contribution is -0.132. The second kappa shape index (κ2) is 7.36. The molecule has 1 atom stereocenters. The molecule has 0 spiro atoms. The van der Waals surface area contributed by atoms with Gasteiger partial charge in [0, 0.05) is 32.3 Å². The molecule has 0 bridgehead atoms. The van der Waals surface area contributed by atoms with Gasteiger partial charge in [-0.05, 0) is 11.6 Å². The van der Waals surface area contributed by atoms with Gasteiger partial charge in [-0.2, -0.15) is 0 Å². The number of benzene rings is 1. The minimum atomic E-state index is -0.230. The number of rotatable bonds is 6. The van der Waals surface area contributed by atoms with E-state index in [1.54, 1.807) is 19.1 Å². The molecule has 0 radical (unpaired) electrons. The summed E-state index contributed by atoms with van der Waals surface area (Å²) in [6, 6.07) is 7.48. The highest BCUT2D eigenvalue weighted by molar-refractivity contribution is 6.31. The Morgan fingerprint density at radius 3 is 2.72 bits per heavy atom.